The smallest absolute Gasteiger partial charge is 0.142 e. The fraction of sp³-hybridized carbons (Fsp3) is 0. The molecule has 200 valence electrons. The van der Waals surface area contributed by atoms with Gasteiger partial charge in [0.25, 0.3) is 0 Å². The molecule has 0 bridgehead atoms. The standard InChI is InChI=1S/C40H29NO/c1-4-12-32(13-5-1)39-37-18-10-11-19-38(37)40(42-39)33-26-22-30(23-27-33)20-21-31-24-28-36(29-25-31)41(34-14-6-2-7-15-34)35-16-8-3-9-17-35/h1-29H/b21-20+. The van der Waals surface area contributed by atoms with Crippen LogP contribution < -0.4 is 4.90 Å². The molecule has 0 spiro atoms. The lowest BCUT2D eigenvalue weighted by Crippen LogP contribution is -2.09. The lowest BCUT2D eigenvalue weighted by Gasteiger charge is -2.25. The highest BCUT2D eigenvalue weighted by molar-refractivity contribution is 6.02. The number of benzene rings is 6. The van der Waals surface area contributed by atoms with E-state index in [0.29, 0.717) is 0 Å². The zero-order valence-corrected chi connectivity index (χ0v) is 23.1. The number of nitrogens with zero attached hydrogens (tertiary/aromatic N) is 1. The molecule has 6 aromatic carbocycles. The third-order valence-electron chi connectivity index (χ3n) is 7.48. The highest BCUT2D eigenvalue weighted by atomic mass is 16.3. The molecule has 0 aliphatic carbocycles. The molecule has 0 atom stereocenters. The van der Waals surface area contributed by atoms with E-state index in [2.05, 4.69) is 151 Å². The first kappa shape index (κ1) is 25.4. The molecule has 0 unspecified atom stereocenters. The van der Waals surface area contributed by atoms with Crippen molar-refractivity contribution in [2.24, 2.45) is 0 Å². The summed E-state index contributed by atoms with van der Waals surface area (Å²) in [5.74, 6) is 1.81. The number of hydrogen-bond acceptors (Lipinski definition) is 2. The van der Waals surface area contributed by atoms with Gasteiger partial charge in [-0.1, -0.05) is 140 Å². The van der Waals surface area contributed by atoms with Crippen molar-refractivity contribution in [2.75, 3.05) is 4.90 Å². The van der Waals surface area contributed by atoms with Crippen LogP contribution in [0.3, 0.4) is 0 Å². The van der Waals surface area contributed by atoms with Crippen molar-refractivity contribution in [1.82, 2.24) is 0 Å². The molecule has 1 aromatic heterocycles. The summed E-state index contributed by atoms with van der Waals surface area (Å²) in [4.78, 5) is 2.27. The predicted molar refractivity (Wildman–Crippen MR) is 177 cm³/mol. The summed E-state index contributed by atoms with van der Waals surface area (Å²) < 4.78 is 6.48. The largest absolute Gasteiger partial charge is 0.455 e. The molecule has 0 fully saturated rings. The van der Waals surface area contributed by atoms with Crippen molar-refractivity contribution in [3.05, 3.63) is 175 Å². The molecule has 1 heterocycles. The van der Waals surface area contributed by atoms with Gasteiger partial charge in [0.2, 0.25) is 0 Å². The summed E-state index contributed by atoms with van der Waals surface area (Å²) in [6, 6.07) is 56.9. The molecule has 0 saturated carbocycles. The summed E-state index contributed by atoms with van der Waals surface area (Å²) in [5, 5.41) is 2.25. The Kier molecular flexibility index (Phi) is 6.94. The van der Waals surface area contributed by atoms with Gasteiger partial charge in [0.05, 0.1) is 0 Å². The minimum absolute atomic E-state index is 0.900. The lowest BCUT2D eigenvalue weighted by atomic mass is 10.0. The Morgan fingerprint density at radius 2 is 0.738 bits per heavy atom. The van der Waals surface area contributed by atoms with Gasteiger partial charge in [-0.05, 0) is 47.5 Å². The zero-order valence-electron chi connectivity index (χ0n) is 23.1. The lowest BCUT2D eigenvalue weighted by molar-refractivity contribution is 0.602. The van der Waals surface area contributed by atoms with E-state index in [1.165, 1.54) is 0 Å². The van der Waals surface area contributed by atoms with Crippen LogP contribution in [0.2, 0.25) is 0 Å². The van der Waals surface area contributed by atoms with Crippen molar-refractivity contribution in [1.29, 1.82) is 0 Å². The maximum atomic E-state index is 6.48. The van der Waals surface area contributed by atoms with Crippen LogP contribution in [0.5, 0.6) is 0 Å². The molecule has 2 heteroatoms. The first-order chi connectivity index (χ1) is 20.8. The molecule has 0 saturated heterocycles. The predicted octanol–water partition coefficient (Wildman–Crippen LogP) is 11.4. The molecule has 7 rings (SSSR count). The molecule has 0 aliphatic heterocycles. The Balaban J connectivity index is 1.13. The van der Waals surface area contributed by atoms with E-state index >= 15 is 0 Å². The number of rotatable bonds is 7. The number of para-hydroxylation sites is 2. The Morgan fingerprint density at radius 3 is 1.24 bits per heavy atom. The van der Waals surface area contributed by atoms with Gasteiger partial charge in [-0.15, -0.1) is 0 Å². The van der Waals surface area contributed by atoms with Gasteiger partial charge in [-0.3, -0.25) is 0 Å². The molecular weight excluding hydrogens is 510 g/mol. The van der Waals surface area contributed by atoms with Crippen LogP contribution in [0.15, 0.2) is 168 Å². The molecule has 0 amide bonds. The van der Waals surface area contributed by atoms with Gasteiger partial charge in [0, 0.05) is 39.0 Å². The van der Waals surface area contributed by atoms with Crippen LogP contribution >= 0.6 is 0 Å². The maximum Gasteiger partial charge on any atom is 0.142 e. The first-order valence-corrected chi connectivity index (χ1v) is 14.2. The van der Waals surface area contributed by atoms with E-state index in [9.17, 15) is 0 Å². The Morgan fingerprint density at radius 1 is 0.357 bits per heavy atom. The minimum Gasteiger partial charge on any atom is -0.455 e. The molecular formula is C40H29NO. The van der Waals surface area contributed by atoms with E-state index in [1.54, 1.807) is 0 Å². The summed E-state index contributed by atoms with van der Waals surface area (Å²) in [6.07, 6.45) is 4.31. The monoisotopic (exact) mass is 539 g/mol. The van der Waals surface area contributed by atoms with Gasteiger partial charge in [0.1, 0.15) is 11.5 Å². The summed E-state index contributed by atoms with van der Waals surface area (Å²) >= 11 is 0. The molecule has 0 aliphatic rings. The van der Waals surface area contributed by atoms with E-state index in [1.807, 2.05) is 30.3 Å². The van der Waals surface area contributed by atoms with Crippen LogP contribution in [0, 0.1) is 0 Å². The van der Waals surface area contributed by atoms with Crippen LogP contribution in [0.4, 0.5) is 17.1 Å². The Bertz CT molecular complexity index is 1900. The second kappa shape index (κ2) is 11.5. The van der Waals surface area contributed by atoms with Crippen molar-refractivity contribution in [3.8, 4) is 22.6 Å². The molecule has 2 nitrogen and oxygen atoms in total. The fourth-order valence-corrected chi connectivity index (χ4v) is 5.38. The molecule has 7 aromatic rings. The van der Waals surface area contributed by atoms with E-state index in [-0.39, 0.29) is 0 Å². The number of anilines is 3. The van der Waals surface area contributed by atoms with Crippen LogP contribution in [-0.2, 0) is 0 Å². The van der Waals surface area contributed by atoms with Crippen molar-refractivity contribution in [2.45, 2.75) is 0 Å². The quantitative estimate of drug-likeness (QED) is 0.187. The first-order valence-electron chi connectivity index (χ1n) is 14.2. The second-order valence-electron chi connectivity index (χ2n) is 10.2. The second-order valence-corrected chi connectivity index (χ2v) is 10.2. The molecule has 0 N–H and O–H groups in total. The van der Waals surface area contributed by atoms with Gasteiger partial charge in [0.15, 0.2) is 0 Å². The topological polar surface area (TPSA) is 16.4 Å². The summed E-state index contributed by atoms with van der Waals surface area (Å²) in [6.45, 7) is 0. The van der Waals surface area contributed by atoms with E-state index in [0.717, 1.165) is 61.6 Å². The highest BCUT2D eigenvalue weighted by Gasteiger charge is 2.16. The van der Waals surface area contributed by atoms with Crippen molar-refractivity contribution >= 4 is 40.0 Å². The normalized spacial score (nSPS) is 11.2. The van der Waals surface area contributed by atoms with E-state index < -0.39 is 0 Å². The molecule has 0 radical (unpaired) electrons. The van der Waals surface area contributed by atoms with Gasteiger partial charge in [-0.2, -0.15) is 0 Å². The SMILES string of the molecule is C(=C\c1ccc(N(c2ccccc2)c2ccccc2)cc1)/c1ccc(-c2oc(-c3ccccc3)c3ccccc23)cc1. The third kappa shape index (κ3) is 5.14. The third-order valence-corrected chi connectivity index (χ3v) is 7.48. The van der Waals surface area contributed by atoms with Crippen LogP contribution in [0.25, 0.3) is 45.6 Å². The van der Waals surface area contributed by atoms with Gasteiger partial charge < -0.3 is 9.32 Å². The van der Waals surface area contributed by atoms with Gasteiger partial charge >= 0.3 is 0 Å². The molecule has 42 heavy (non-hydrogen) atoms. The summed E-state index contributed by atoms with van der Waals surface area (Å²) in [5.41, 5.74) is 7.82. The van der Waals surface area contributed by atoms with Gasteiger partial charge in [-0.25, -0.2) is 0 Å². The van der Waals surface area contributed by atoms with Crippen LogP contribution in [0.1, 0.15) is 11.1 Å². The zero-order chi connectivity index (χ0) is 28.1. The fourth-order valence-electron chi connectivity index (χ4n) is 5.38. The van der Waals surface area contributed by atoms with Crippen LogP contribution in [-0.4, -0.2) is 0 Å². The number of furan rings is 1. The van der Waals surface area contributed by atoms with Crippen molar-refractivity contribution in [3.63, 3.8) is 0 Å². The average Bonchev–Trinajstić information content (AvgIpc) is 3.46. The summed E-state index contributed by atoms with van der Waals surface area (Å²) in [7, 11) is 0. The highest BCUT2D eigenvalue weighted by Crippen LogP contribution is 2.39. The average molecular weight is 540 g/mol. The Labute approximate surface area is 246 Å². The number of fused-ring (bicyclic) bond motifs is 1. The minimum atomic E-state index is 0.900. The maximum absolute atomic E-state index is 6.48. The van der Waals surface area contributed by atoms with E-state index in [4.69, 9.17) is 4.42 Å². The van der Waals surface area contributed by atoms with Crippen molar-refractivity contribution < 1.29 is 4.42 Å². The Hall–Kier alpha value is -5.60. The number of hydrogen-bond donors (Lipinski definition) is 0.